The molecule has 0 amide bonds. The molecule has 4 heterocycles. The smallest absolute Gasteiger partial charge is 0.157 e. The number of allylic oxidation sites excluding steroid dienone is 4. The number of hydrogen-bond acceptors (Lipinski definition) is 20. The zero-order valence-corrected chi connectivity index (χ0v) is 43.4. The fraction of sp³-hybridized carbons (Fsp3) is 0.228. The highest BCUT2D eigenvalue weighted by atomic mass is 16.3. The van der Waals surface area contributed by atoms with Gasteiger partial charge in [-0.2, -0.15) is 0 Å². The van der Waals surface area contributed by atoms with Gasteiger partial charge in [-0.3, -0.25) is 37.9 Å². The quantitative estimate of drug-likeness (QED) is 0.0217. The van der Waals surface area contributed by atoms with Crippen LogP contribution in [0.1, 0.15) is 70.7 Å². The van der Waals surface area contributed by atoms with E-state index in [2.05, 4.69) is 41.2 Å². The first-order valence-corrected chi connectivity index (χ1v) is 25.4. The molecule has 4 aromatic carbocycles. The Balaban J connectivity index is 1.04. The predicted molar refractivity (Wildman–Crippen MR) is 291 cm³/mol. The van der Waals surface area contributed by atoms with Crippen molar-refractivity contribution in [2.75, 3.05) is 0 Å². The molecule has 0 atom stereocenters. The van der Waals surface area contributed by atoms with Crippen molar-refractivity contribution in [1.82, 2.24) is 60.0 Å². The molecule has 0 fully saturated rings. The van der Waals surface area contributed by atoms with Crippen LogP contribution >= 0.6 is 0 Å². The van der Waals surface area contributed by atoms with E-state index in [1.165, 1.54) is 97.1 Å². The molecule has 24 heteroatoms. The molecule has 0 spiro atoms. The molecule has 24 nitrogen and oxygen atoms in total. The first-order chi connectivity index (χ1) is 38.9. The van der Waals surface area contributed by atoms with Crippen molar-refractivity contribution in [3.05, 3.63) is 167 Å². The zero-order chi connectivity index (χ0) is 57.5. The molecular weight excluding hydrogens is 1040 g/mol. The van der Waals surface area contributed by atoms with Crippen molar-refractivity contribution in [2.24, 2.45) is 5.41 Å². The van der Waals surface area contributed by atoms with Crippen LogP contribution in [0, 0.1) is 5.41 Å². The molecule has 0 saturated carbocycles. The van der Waals surface area contributed by atoms with E-state index in [1.54, 1.807) is 67.8 Å². The van der Waals surface area contributed by atoms with E-state index in [0.29, 0.717) is 45.0 Å². The number of hydrogen-bond donors (Lipinski definition) is 8. The van der Waals surface area contributed by atoms with Crippen molar-refractivity contribution in [3.63, 3.8) is 0 Å². The van der Waals surface area contributed by atoms with E-state index < -0.39 is 5.41 Å². The second-order valence-electron chi connectivity index (χ2n) is 19.3. The number of phenolic OH excluding ortho intramolecular Hbond substituents is 8. The molecule has 81 heavy (non-hydrogen) atoms. The molecule has 8 rings (SSSR count). The van der Waals surface area contributed by atoms with E-state index in [0.717, 1.165) is 0 Å². The van der Waals surface area contributed by atoms with Crippen LogP contribution in [0.2, 0.25) is 0 Å². The van der Waals surface area contributed by atoms with Gasteiger partial charge < -0.3 is 40.9 Å². The van der Waals surface area contributed by atoms with Gasteiger partial charge in [-0.05, 0) is 95.1 Å². The maximum atomic E-state index is 13.0. The molecule has 0 aliphatic rings. The SMILES string of the molecule is O=C(C=Cc1ccc(O)c(O)c1)CCc1cn(CC(Cn2cc(CCC(=O)C=Cc3ccc(O)c(O)c3)nn2)(Cn2cc(CCC(=O)C=Cc3ccc(O)c(O)c3)nn2)Cn2cc(CCC(=O)C=Cc3ccc(O)c(O)c3)nn2)nn1. The molecule has 4 aromatic heterocycles. The highest BCUT2D eigenvalue weighted by Gasteiger charge is 2.36. The van der Waals surface area contributed by atoms with Crippen LogP contribution in [-0.4, -0.2) is 124 Å². The van der Waals surface area contributed by atoms with Crippen molar-refractivity contribution in [2.45, 2.75) is 77.5 Å². The van der Waals surface area contributed by atoms with Gasteiger partial charge in [0.1, 0.15) is 0 Å². The van der Waals surface area contributed by atoms with Crippen molar-refractivity contribution >= 4 is 47.4 Å². The number of phenols is 8. The normalized spacial score (nSPS) is 12.5. The maximum Gasteiger partial charge on any atom is 0.157 e. The Labute approximate surface area is 461 Å². The van der Waals surface area contributed by atoms with Crippen LogP contribution in [-0.2, 0) is 71.0 Å². The van der Waals surface area contributed by atoms with Crippen LogP contribution < -0.4 is 0 Å². The Hall–Kier alpha value is -10.5. The lowest BCUT2D eigenvalue weighted by Crippen LogP contribution is -2.41. The van der Waals surface area contributed by atoms with Crippen LogP contribution in [0.5, 0.6) is 46.0 Å². The number of carbonyl (C=O) groups excluding carboxylic acids is 4. The third-order valence-electron chi connectivity index (χ3n) is 12.7. The second kappa shape index (κ2) is 26.2. The van der Waals surface area contributed by atoms with Crippen LogP contribution in [0.4, 0.5) is 0 Å². The fourth-order valence-electron chi connectivity index (χ4n) is 8.47. The molecule has 0 bridgehead atoms. The summed E-state index contributed by atoms with van der Waals surface area (Å²) in [6.07, 6.45) is 19.7. The van der Waals surface area contributed by atoms with Gasteiger partial charge in [0.05, 0.1) is 49.0 Å². The number of rotatable bonds is 28. The first-order valence-electron chi connectivity index (χ1n) is 25.4. The molecule has 416 valence electrons. The molecule has 8 N–H and O–H groups in total. The topological polar surface area (TPSA) is 353 Å². The van der Waals surface area contributed by atoms with Gasteiger partial charge in [0, 0.05) is 81.6 Å². The van der Waals surface area contributed by atoms with Crippen molar-refractivity contribution in [3.8, 4) is 46.0 Å². The average molecular weight is 1100 g/mol. The number of ketones is 4. The minimum atomic E-state index is -1.00. The lowest BCUT2D eigenvalue weighted by atomic mass is 9.87. The van der Waals surface area contributed by atoms with Gasteiger partial charge in [-0.25, -0.2) is 0 Å². The number of aromatic hydroxyl groups is 8. The van der Waals surface area contributed by atoms with Gasteiger partial charge in [-0.15, -0.1) is 20.4 Å². The van der Waals surface area contributed by atoms with E-state index in [-0.39, 0.29) is 147 Å². The Morgan fingerprint density at radius 2 is 0.568 bits per heavy atom. The molecule has 0 saturated heterocycles. The maximum absolute atomic E-state index is 13.0. The standard InChI is InChI=1S/C57H56N12O12/c70-45(13-1-37-5-21-49(74)53(78)25-37)17-9-41-29-66(62-58-41)33-57(34-67-30-42(59-63-67)10-18-46(71)14-2-38-6-22-50(75)54(79)26-38,35-68-31-43(60-64-68)11-19-47(72)15-3-39-7-23-51(76)55(80)27-39)36-69-32-44(61-65-69)12-20-48(73)16-4-40-8-24-52(77)56(81)28-40/h1-8,13-16,21-32,74-81H,9-12,17-20,33-36H2. The fourth-order valence-corrected chi connectivity index (χ4v) is 8.47. The summed E-state index contributed by atoms with van der Waals surface area (Å²) in [5.41, 5.74) is 3.07. The summed E-state index contributed by atoms with van der Waals surface area (Å²) < 4.78 is 6.50. The van der Waals surface area contributed by atoms with E-state index in [4.69, 9.17) is 0 Å². The summed E-state index contributed by atoms with van der Waals surface area (Å²) in [5, 5.41) is 113. The van der Waals surface area contributed by atoms with Gasteiger partial charge in [0.15, 0.2) is 69.1 Å². The third kappa shape index (κ3) is 16.7. The molecule has 8 aromatic rings. The highest BCUT2D eigenvalue weighted by Crippen LogP contribution is 2.31. The molecule has 0 aliphatic heterocycles. The van der Waals surface area contributed by atoms with Crippen molar-refractivity contribution < 1.29 is 60.0 Å². The van der Waals surface area contributed by atoms with Crippen LogP contribution in [0.15, 0.2) is 122 Å². The van der Waals surface area contributed by atoms with E-state index in [9.17, 15) is 60.0 Å². The second-order valence-corrected chi connectivity index (χ2v) is 19.3. The van der Waals surface area contributed by atoms with Gasteiger partial charge in [-0.1, -0.05) is 69.4 Å². The summed E-state index contributed by atoms with van der Waals surface area (Å²) in [6.45, 7) is 0.500. The Morgan fingerprint density at radius 1 is 0.346 bits per heavy atom. The molecule has 0 radical (unpaired) electrons. The molecule has 0 aliphatic carbocycles. The Bertz CT molecular complexity index is 3210. The summed E-state index contributed by atoms with van der Waals surface area (Å²) in [5.74, 6) is -3.30. The van der Waals surface area contributed by atoms with E-state index in [1.807, 2.05) is 0 Å². The number of benzene rings is 4. The highest BCUT2D eigenvalue weighted by molar-refractivity contribution is 5.95. The first kappa shape index (κ1) is 56.7. The lowest BCUT2D eigenvalue weighted by molar-refractivity contribution is -0.115. The number of carbonyl (C=O) groups is 4. The number of aromatic nitrogens is 12. The molecule has 0 unspecified atom stereocenters. The van der Waals surface area contributed by atoms with Crippen LogP contribution in [0.3, 0.4) is 0 Å². The minimum Gasteiger partial charge on any atom is -0.504 e. The number of aryl methyl sites for hydroxylation is 4. The monoisotopic (exact) mass is 1100 g/mol. The number of nitrogens with zero attached hydrogens (tertiary/aromatic N) is 12. The Kier molecular flexibility index (Phi) is 18.3. The minimum absolute atomic E-state index is 0.0751. The van der Waals surface area contributed by atoms with Crippen molar-refractivity contribution in [1.29, 1.82) is 0 Å². The summed E-state index contributed by atoms with van der Waals surface area (Å²) >= 11 is 0. The largest absolute Gasteiger partial charge is 0.504 e. The summed E-state index contributed by atoms with van der Waals surface area (Å²) in [6, 6.07) is 16.8. The van der Waals surface area contributed by atoms with Crippen LogP contribution in [0.25, 0.3) is 24.3 Å². The van der Waals surface area contributed by atoms with Gasteiger partial charge in [0.2, 0.25) is 0 Å². The van der Waals surface area contributed by atoms with Gasteiger partial charge >= 0.3 is 0 Å². The van der Waals surface area contributed by atoms with E-state index >= 15 is 0 Å². The molecular formula is C57H56N12O12. The Morgan fingerprint density at radius 3 is 0.778 bits per heavy atom. The van der Waals surface area contributed by atoms with Gasteiger partial charge in [0.25, 0.3) is 0 Å². The summed E-state index contributed by atoms with van der Waals surface area (Å²) in [7, 11) is 0. The lowest BCUT2D eigenvalue weighted by Gasteiger charge is -2.33. The third-order valence-corrected chi connectivity index (χ3v) is 12.7. The zero-order valence-electron chi connectivity index (χ0n) is 43.4. The predicted octanol–water partition coefficient (Wildman–Crippen LogP) is 5.64. The average Bonchev–Trinajstić information content (AvgIpc) is 4.37. The summed E-state index contributed by atoms with van der Waals surface area (Å²) in [4.78, 5) is 51.9.